The van der Waals surface area contributed by atoms with Crippen LogP contribution in [0.2, 0.25) is 0 Å². The standard InChI is InChI=1S/C14H15NO2S/c1-10(11-6-3-4-7-12(11)16)15(2)14(17)13-8-5-9-18-13/h3-10,16H,1-2H3. The van der Waals surface area contributed by atoms with Crippen molar-refractivity contribution in [2.75, 3.05) is 7.05 Å². The summed E-state index contributed by atoms with van der Waals surface area (Å²) in [4.78, 5) is 14.5. The molecule has 0 spiro atoms. The summed E-state index contributed by atoms with van der Waals surface area (Å²) >= 11 is 1.42. The summed E-state index contributed by atoms with van der Waals surface area (Å²) in [6.07, 6.45) is 0. The molecule has 1 atom stereocenters. The molecule has 2 aromatic rings. The number of nitrogens with zero attached hydrogens (tertiary/aromatic N) is 1. The highest BCUT2D eigenvalue weighted by atomic mass is 32.1. The molecule has 1 aromatic carbocycles. The first-order valence-electron chi connectivity index (χ1n) is 5.70. The van der Waals surface area contributed by atoms with E-state index in [1.54, 1.807) is 30.1 Å². The maximum atomic E-state index is 12.2. The fraction of sp³-hybridized carbons (Fsp3) is 0.214. The number of phenols is 1. The van der Waals surface area contributed by atoms with E-state index in [0.717, 1.165) is 5.56 Å². The van der Waals surface area contributed by atoms with Crippen LogP contribution in [0, 0.1) is 0 Å². The predicted octanol–water partition coefficient (Wildman–Crippen LogP) is 3.29. The average Bonchev–Trinajstić information content (AvgIpc) is 2.90. The number of thiophene rings is 1. The molecule has 1 unspecified atom stereocenters. The zero-order valence-corrected chi connectivity index (χ0v) is 11.1. The topological polar surface area (TPSA) is 40.5 Å². The van der Waals surface area contributed by atoms with Gasteiger partial charge in [0.1, 0.15) is 5.75 Å². The molecular weight excluding hydrogens is 246 g/mol. The SMILES string of the molecule is CC(c1ccccc1O)N(C)C(=O)c1cccs1. The van der Waals surface area contributed by atoms with Gasteiger partial charge >= 0.3 is 0 Å². The third-order valence-corrected chi connectivity index (χ3v) is 3.88. The molecule has 18 heavy (non-hydrogen) atoms. The van der Waals surface area contributed by atoms with Crippen molar-refractivity contribution in [2.45, 2.75) is 13.0 Å². The van der Waals surface area contributed by atoms with Crippen LogP contribution in [0.1, 0.15) is 28.2 Å². The molecule has 0 radical (unpaired) electrons. The van der Waals surface area contributed by atoms with Gasteiger partial charge in [0.25, 0.3) is 5.91 Å². The summed E-state index contributed by atoms with van der Waals surface area (Å²) in [5, 5.41) is 11.7. The number of amides is 1. The summed E-state index contributed by atoms with van der Waals surface area (Å²) in [5.74, 6) is 0.191. The zero-order chi connectivity index (χ0) is 13.1. The van der Waals surface area contributed by atoms with Gasteiger partial charge in [-0.1, -0.05) is 24.3 Å². The van der Waals surface area contributed by atoms with Crippen molar-refractivity contribution in [3.63, 3.8) is 0 Å². The second kappa shape index (κ2) is 5.23. The van der Waals surface area contributed by atoms with Crippen LogP contribution in [0.15, 0.2) is 41.8 Å². The molecule has 94 valence electrons. The van der Waals surface area contributed by atoms with Crippen molar-refractivity contribution in [1.29, 1.82) is 0 Å². The molecule has 1 aromatic heterocycles. The molecule has 1 amide bonds. The Morgan fingerprint density at radius 2 is 2.00 bits per heavy atom. The Labute approximate surface area is 110 Å². The highest BCUT2D eigenvalue weighted by Crippen LogP contribution is 2.28. The normalized spacial score (nSPS) is 12.1. The number of aromatic hydroxyl groups is 1. The van der Waals surface area contributed by atoms with Crippen LogP contribution >= 0.6 is 11.3 Å². The average molecular weight is 261 g/mol. The van der Waals surface area contributed by atoms with Crippen LogP contribution in [-0.2, 0) is 0 Å². The molecular formula is C14H15NO2S. The highest BCUT2D eigenvalue weighted by molar-refractivity contribution is 7.12. The van der Waals surface area contributed by atoms with Gasteiger partial charge in [0.15, 0.2) is 0 Å². The molecule has 2 rings (SSSR count). The van der Waals surface area contributed by atoms with E-state index in [2.05, 4.69) is 0 Å². The van der Waals surface area contributed by atoms with Gasteiger partial charge < -0.3 is 10.0 Å². The Morgan fingerprint density at radius 1 is 1.28 bits per heavy atom. The maximum Gasteiger partial charge on any atom is 0.264 e. The van der Waals surface area contributed by atoms with E-state index >= 15 is 0 Å². The largest absolute Gasteiger partial charge is 0.508 e. The van der Waals surface area contributed by atoms with E-state index in [0.29, 0.717) is 4.88 Å². The van der Waals surface area contributed by atoms with E-state index in [1.807, 2.05) is 30.5 Å². The lowest BCUT2D eigenvalue weighted by Gasteiger charge is -2.25. The summed E-state index contributed by atoms with van der Waals surface area (Å²) < 4.78 is 0. The summed E-state index contributed by atoms with van der Waals surface area (Å²) in [6.45, 7) is 1.90. The van der Waals surface area contributed by atoms with E-state index in [9.17, 15) is 9.90 Å². The molecule has 0 aliphatic heterocycles. The van der Waals surface area contributed by atoms with Crippen LogP contribution < -0.4 is 0 Å². The lowest BCUT2D eigenvalue weighted by molar-refractivity contribution is 0.0746. The molecule has 0 aliphatic carbocycles. The lowest BCUT2D eigenvalue weighted by Crippen LogP contribution is -2.29. The summed E-state index contributed by atoms with van der Waals surface area (Å²) in [5.41, 5.74) is 0.755. The van der Waals surface area contributed by atoms with Crippen molar-refractivity contribution in [1.82, 2.24) is 4.90 Å². The minimum Gasteiger partial charge on any atom is -0.508 e. The van der Waals surface area contributed by atoms with Gasteiger partial charge in [-0.25, -0.2) is 0 Å². The molecule has 0 bridgehead atoms. The van der Waals surface area contributed by atoms with E-state index in [1.165, 1.54) is 11.3 Å². The lowest BCUT2D eigenvalue weighted by atomic mass is 10.1. The molecule has 0 saturated carbocycles. The molecule has 1 N–H and O–H groups in total. The summed E-state index contributed by atoms with van der Waals surface area (Å²) in [7, 11) is 1.75. The first-order chi connectivity index (χ1) is 8.61. The van der Waals surface area contributed by atoms with Gasteiger partial charge in [-0.15, -0.1) is 11.3 Å². The number of carbonyl (C=O) groups excluding carboxylic acids is 1. The van der Waals surface area contributed by atoms with Crippen molar-refractivity contribution < 1.29 is 9.90 Å². The Hall–Kier alpha value is -1.81. The Bertz CT molecular complexity index is 536. The van der Waals surface area contributed by atoms with Crippen molar-refractivity contribution in [3.8, 4) is 5.75 Å². The third-order valence-electron chi connectivity index (χ3n) is 3.02. The van der Waals surface area contributed by atoms with Crippen molar-refractivity contribution in [2.24, 2.45) is 0 Å². The first-order valence-corrected chi connectivity index (χ1v) is 6.57. The molecule has 3 nitrogen and oxygen atoms in total. The second-order valence-corrected chi connectivity index (χ2v) is 5.08. The number of para-hydroxylation sites is 1. The minimum absolute atomic E-state index is 0.0271. The number of hydrogen-bond acceptors (Lipinski definition) is 3. The van der Waals surface area contributed by atoms with Gasteiger partial charge in [-0.05, 0) is 24.4 Å². The fourth-order valence-electron chi connectivity index (χ4n) is 1.80. The van der Waals surface area contributed by atoms with Crippen LogP contribution in [0.5, 0.6) is 5.75 Å². The smallest absolute Gasteiger partial charge is 0.264 e. The van der Waals surface area contributed by atoms with Crippen LogP contribution in [0.3, 0.4) is 0 Å². The zero-order valence-electron chi connectivity index (χ0n) is 10.3. The van der Waals surface area contributed by atoms with Gasteiger partial charge in [0, 0.05) is 12.6 Å². The van der Waals surface area contributed by atoms with Crippen LogP contribution in [0.4, 0.5) is 0 Å². The Kier molecular flexibility index (Phi) is 3.67. The van der Waals surface area contributed by atoms with Gasteiger partial charge in [-0.3, -0.25) is 4.79 Å². The molecule has 0 aliphatic rings. The quantitative estimate of drug-likeness (QED) is 0.921. The van der Waals surface area contributed by atoms with Crippen LogP contribution in [-0.4, -0.2) is 23.0 Å². The van der Waals surface area contributed by atoms with Gasteiger partial charge in [-0.2, -0.15) is 0 Å². The highest BCUT2D eigenvalue weighted by Gasteiger charge is 2.21. The minimum atomic E-state index is -0.166. The first kappa shape index (κ1) is 12.6. The fourth-order valence-corrected chi connectivity index (χ4v) is 2.51. The number of rotatable bonds is 3. The summed E-state index contributed by atoms with van der Waals surface area (Å²) in [6, 6.07) is 10.6. The van der Waals surface area contributed by atoms with E-state index in [-0.39, 0.29) is 17.7 Å². The predicted molar refractivity (Wildman–Crippen MR) is 72.9 cm³/mol. The second-order valence-electron chi connectivity index (χ2n) is 4.13. The van der Waals surface area contributed by atoms with Crippen molar-refractivity contribution >= 4 is 17.2 Å². The Balaban J connectivity index is 2.22. The van der Waals surface area contributed by atoms with Crippen molar-refractivity contribution in [3.05, 3.63) is 52.2 Å². The molecule has 0 fully saturated rings. The number of hydrogen-bond donors (Lipinski definition) is 1. The third kappa shape index (κ3) is 2.38. The van der Waals surface area contributed by atoms with E-state index < -0.39 is 0 Å². The van der Waals surface area contributed by atoms with Gasteiger partial charge in [0.05, 0.1) is 10.9 Å². The van der Waals surface area contributed by atoms with Gasteiger partial charge in [0.2, 0.25) is 0 Å². The molecule has 1 heterocycles. The Morgan fingerprint density at radius 3 is 2.61 bits per heavy atom. The van der Waals surface area contributed by atoms with Crippen LogP contribution in [0.25, 0.3) is 0 Å². The maximum absolute atomic E-state index is 12.2. The van der Waals surface area contributed by atoms with E-state index in [4.69, 9.17) is 0 Å². The number of carbonyl (C=O) groups is 1. The molecule has 0 saturated heterocycles. The number of benzene rings is 1. The molecule has 4 heteroatoms. The number of phenolic OH excluding ortho intramolecular Hbond substituents is 1. The monoisotopic (exact) mass is 261 g/mol.